The smallest absolute Gasteiger partial charge is 0.337 e. The Morgan fingerprint density at radius 1 is 1.17 bits per heavy atom. The minimum atomic E-state index is -0.383. The van der Waals surface area contributed by atoms with E-state index in [2.05, 4.69) is 20.3 Å². The van der Waals surface area contributed by atoms with Gasteiger partial charge in [0.15, 0.2) is 0 Å². The normalized spacial score (nSPS) is 10.5. The molecule has 0 saturated heterocycles. The molecule has 116 valence electrons. The number of carbonyl (C=O) groups is 2. The average molecular weight is 309 g/mol. The molecule has 0 atom stereocenters. The fraction of sp³-hybridized carbons (Fsp3) is 0.118. The van der Waals surface area contributed by atoms with E-state index in [-0.39, 0.29) is 11.9 Å². The van der Waals surface area contributed by atoms with Crippen molar-refractivity contribution in [2.45, 2.75) is 6.54 Å². The summed E-state index contributed by atoms with van der Waals surface area (Å²) < 4.78 is 4.65. The van der Waals surface area contributed by atoms with Gasteiger partial charge < -0.3 is 10.1 Å². The van der Waals surface area contributed by atoms with Crippen LogP contribution in [0.4, 0.5) is 0 Å². The fourth-order valence-electron chi connectivity index (χ4n) is 2.31. The zero-order valence-corrected chi connectivity index (χ0v) is 12.5. The Labute approximate surface area is 132 Å². The first-order valence-electron chi connectivity index (χ1n) is 7.06. The monoisotopic (exact) mass is 309 g/mol. The highest BCUT2D eigenvalue weighted by atomic mass is 16.5. The average Bonchev–Trinajstić information content (AvgIpc) is 3.08. The van der Waals surface area contributed by atoms with E-state index < -0.39 is 0 Å². The summed E-state index contributed by atoms with van der Waals surface area (Å²) in [4.78, 5) is 23.7. The van der Waals surface area contributed by atoms with Crippen LogP contribution in [0.3, 0.4) is 0 Å². The minimum Gasteiger partial charge on any atom is -0.465 e. The number of carbonyl (C=O) groups excluding carboxylic acids is 2. The van der Waals surface area contributed by atoms with Crippen LogP contribution >= 0.6 is 0 Å². The molecular formula is C17H15N3O3. The molecule has 2 aromatic carbocycles. The summed E-state index contributed by atoms with van der Waals surface area (Å²) in [6.45, 7) is 0.366. The summed E-state index contributed by atoms with van der Waals surface area (Å²) in [5.74, 6) is -0.566. The van der Waals surface area contributed by atoms with Crippen LogP contribution in [0.15, 0.2) is 48.7 Å². The van der Waals surface area contributed by atoms with Crippen LogP contribution in [0.2, 0.25) is 0 Å². The van der Waals surface area contributed by atoms with Gasteiger partial charge in [-0.1, -0.05) is 24.3 Å². The Balaban J connectivity index is 1.69. The molecule has 0 aliphatic rings. The van der Waals surface area contributed by atoms with Crippen molar-refractivity contribution in [3.05, 3.63) is 65.4 Å². The van der Waals surface area contributed by atoms with Crippen LogP contribution < -0.4 is 5.32 Å². The molecule has 0 aliphatic heterocycles. The molecule has 1 heterocycles. The number of esters is 1. The van der Waals surface area contributed by atoms with Crippen molar-refractivity contribution in [2.75, 3.05) is 7.11 Å². The predicted molar refractivity (Wildman–Crippen MR) is 85.0 cm³/mol. The van der Waals surface area contributed by atoms with Gasteiger partial charge in [0.1, 0.15) is 0 Å². The number of hydrogen-bond donors (Lipinski definition) is 2. The van der Waals surface area contributed by atoms with E-state index in [0.717, 1.165) is 10.9 Å². The number of H-pyrrole nitrogens is 1. The second kappa shape index (κ2) is 6.31. The Morgan fingerprint density at radius 2 is 1.96 bits per heavy atom. The largest absolute Gasteiger partial charge is 0.465 e. The van der Waals surface area contributed by atoms with Crippen molar-refractivity contribution < 1.29 is 14.3 Å². The molecule has 0 radical (unpaired) electrons. The Morgan fingerprint density at radius 3 is 2.70 bits per heavy atom. The molecular weight excluding hydrogens is 294 g/mol. The van der Waals surface area contributed by atoms with Gasteiger partial charge in [0.2, 0.25) is 0 Å². The molecule has 1 amide bonds. The van der Waals surface area contributed by atoms with Gasteiger partial charge in [-0.15, -0.1) is 0 Å². The number of rotatable bonds is 4. The van der Waals surface area contributed by atoms with E-state index in [9.17, 15) is 9.59 Å². The first-order chi connectivity index (χ1) is 11.2. The van der Waals surface area contributed by atoms with Crippen molar-refractivity contribution in [3.63, 3.8) is 0 Å². The Bertz CT molecular complexity index is 853. The van der Waals surface area contributed by atoms with E-state index >= 15 is 0 Å². The lowest BCUT2D eigenvalue weighted by Crippen LogP contribution is -2.23. The van der Waals surface area contributed by atoms with Gasteiger partial charge in [-0.05, 0) is 23.8 Å². The lowest BCUT2D eigenvalue weighted by atomic mass is 10.1. The van der Waals surface area contributed by atoms with Crippen LogP contribution in [0.5, 0.6) is 0 Å². The van der Waals surface area contributed by atoms with Crippen LogP contribution in [0.1, 0.15) is 26.3 Å². The first-order valence-corrected chi connectivity index (χ1v) is 7.06. The van der Waals surface area contributed by atoms with Gasteiger partial charge in [0.05, 0.1) is 30.0 Å². The maximum atomic E-state index is 12.3. The number of methoxy groups -OCH3 is 1. The van der Waals surface area contributed by atoms with Crippen LogP contribution in [0, 0.1) is 0 Å². The molecule has 0 spiro atoms. The number of aromatic nitrogens is 2. The number of aromatic amines is 1. The van der Waals surface area contributed by atoms with Crippen molar-refractivity contribution in [1.82, 2.24) is 15.5 Å². The third-order valence-corrected chi connectivity index (χ3v) is 3.55. The third-order valence-electron chi connectivity index (χ3n) is 3.55. The van der Waals surface area contributed by atoms with Crippen LogP contribution in [0.25, 0.3) is 10.9 Å². The standard InChI is InChI=1S/C17H15N3O3/c1-23-17(22)12-7-5-11(6-8-12)9-18-16(21)14-4-2-3-13-10-19-20-15(13)14/h2-8,10H,9H2,1H3,(H,18,21)(H,19,20). The second-order valence-corrected chi connectivity index (χ2v) is 5.01. The topological polar surface area (TPSA) is 84.1 Å². The SMILES string of the molecule is COC(=O)c1ccc(CNC(=O)c2cccc3cn[nH]c23)cc1. The maximum absolute atomic E-state index is 12.3. The number of ether oxygens (including phenoxy) is 1. The highest BCUT2D eigenvalue weighted by molar-refractivity contribution is 6.05. The van der Waals surface area contributed by atoms with Gasteiger partial charge in [0.25, 0.3) is 5.91 Å². The number of para-hydroxylation sites is 1. The molecule has 0 fully saturated rings. The number of fused-ring (bicyclic) bond motifs is 1. The second-order valence-electron chi connectivity index (χ2n) is 5.01. The van der Waals surface area contributed by atoms with Gasteiger partial charge >= 0.3 is 5.97 Å². The summed E-state index contributed by atoms with van der Waals surface area (Å²) in [7, 11) is 1.34. The quantitative estimate of drug-likeness (QED) is 0.724. The highest BCUT2D eigenvalue weighted by Crippen LogP contribution is 2.15. The molecule has 23 heavy (non-hydrogen) atoms. The molecule has 0 unspecified atom stereocenters. The summed E-state index contributed by atoms with van der Waals surface area (Å²) >= 11 is 0. The fourth-order valence-corrected chi connectivity index (χ4v) is 2.31. The molecule has 1 aromatic heterocycles. The van der Waals surface area contributed by atoms with Crippen molar-refractivity contribution in [2.24, 2.45) is 0 Å². The molecule has 3 aromatic rings. The van der Waals surface area contributed by atoms with E-state index in [0.29, 0.717) is 23.2 Å². The molecule has 0 saturated carbocycles. The minimum absolute atomic E-state index is 0.183. The van der Waals surface area contributed by atoms with Crippen molar-refractivity contribution >= 4 is 22.8 Å². The predicted octanol–water partition coefficient (Wildman–Crippen LogP) is 2.28. The molecule has 6 heteroatoms. The highest BCUT2D eigenvalue weighted by Gasteiger charge is 2.11. The summed E-state index contributed by atoms with van der Waals surface area (Å²) in [5.41, 5.74) is 2.63. The Kier molecular flexibility index (Phi) is 4.05. The molecule has 3 rings (SSSR count). The zero-order chi connectivity index (χ0) is 16.2. The summed E-state index contributed by atoms with van der Waals surface area (Å²) in [5, 5.41) is 10.5. The van der Waals surface area contributed by atoms with E-state index in [4.69, 9.17) is 0 Å². The van der Waals surface area contributed by atoms with Gasteiger partial charge in [-0.3, -0.25) is 9.89 Å². The number of nitrogens with zero attached hydrogens (tertiary/aromatic N) is 1. The van der Waals surface area contributed by atoms with Crippen LogP contribution in [-0.2, 0) is 11.3 Å². The summed E-state index contributed by atoms with van der Waals surface area (Å²) in [6, 6.07) is 12.4. The lowest BCUT2D eigenvalue weighted by molar-refractivity contribution is 0.0600. The zero-order valence-electron chi connectivity index (χ0n) is 12.5. The van der Waals surface area contributed by atoms with E-state index in [1.54, 1.807) is 36.5 Å². The number of hydrogen-bond acceptors (Lipinski definition) is 4. The maximum Gasteiger partial charge on any atom is 0.337 e. The van der Waals surface area contributed by atoms with Gasteiger partial charge in [-0.2, -0.15) is 5.10 Å². The summed E-state index contributed by atoms with van der Waals surface area (Å²) in [6.07, 6.45) is 1.68. The molecule has 0 aliphatic carbocycles. The first kappa shape index (κ1) is 14.8. The molecule has 0 bridgehead atoms. The number of nitrogens with one attached hydrogen (secondary N) is 2. The van der Waals surface area contributed by atoms with Crippen LogP contribution in [-0.4, -0.2) is 29.2 Å². The number of amides is 1. The number of benzene rings is 2. The van der Waals surface area contributed by atoms with E-state index in [1.165, 1.54) is 7.11 Å². The van der Waals surface area contributed by atoms with Crippen molar-refractivity contribution in [1.29, 1.82) is 0 Å². The van der Waals surface area contributed by atoms with Gasteiger partial charge in [-0.25, -0.2) is 4.79 Å². The van der Waals surface area contributed by atoms with Gasteiger partial charge in [0, 0.05) is 11.9 Å². The van der Waals surface area contributed by atoms with Crippen molar-refractivity contribution in [3.8, 4) is 0 Å². The Hall–Kier alpha value is -3.15. The lowest BCUT2D eigenvalue weighted by Gasteiger charge is -2.07. The molecule has 2 N–H and O–H groups in total. The third kappa shape index (κ3) is 3.06. The molecule has 6 nitrogen and oxygen atoms in total. The van der Waals surface area contributed by atoms with E-state index in [1.807, 2.05) is 12.1 Å².